The maximum absolute atomic E-state index is 12.5. The van der Waals surface area contributed by atoms with Gasteiger partial charge in [-0.2, -0.15) is 0 Å². The normalized spacial score (nSPS) is 11.7. The van der Waals surface area contributed by atoms with Crippen molar-refractivity contribution in [3.63, 3.8) is 0 Å². The molecule has 0 saturated heterocycles. The van der Waals surface area contributed by atoms with E-state index in [4.69, 9.17) is 9.47 Å². The van der Waals surface area contributed by atoms with E-state index in [-0.39, 0.29) is 5.91 Å². The zero-order chi connectivity index (χ0) is 16.8. The molecule has 0 aromatic heterocycles. The van der Waals surface area contributed by atoms with Crippen LogP contribution in [-0.2, 0) is 4.79 Å². The first-order chi connectivity index (χ1) is 11.0. The minimum absolute atomic E-state index is 0.162. The number of methoxy groups -OCH3 is 1. The predicted octanol–water partition coefficient (Wildman–Crippen LogP) is 4.11. The minimum Gasteiger partial charge on any atom is -0.493 e. The lowest BCUT2D eigenvalue weighted by molar-refractivity contribution is -0.122. The average Bonchev–Trinajstić information content (AvgIpc) is 2.55. The Morgan fingerprint density at radius 2 is 1.83 bits per heavy atom. The second kappa shape index (κ2) is 7.68. The molecule has 1 amide bonds. The topological polar surface area (TPSA) is 47.6 Å². The molecular weight excluding hydrogens is 290 g/mol. The Morgan fingerprint density at radius 1 is 1.13 bits per heavy atom. The molecule has 0 heterocycles. The summed E-state index contributed by atoms with van der Waals surface area (Å²) in [5.41, 5.74) is 3.01. The maximum atomic E-state index is 12.5. The number of hydrogen-bond acceptors (Lipinski definition) is 3. The zero-order valence-corrected chi connectivity index (χ0v) is 14.1. The Bertz CT molecular complexity index is 682. The highest BCUT2D eigenvalue weighted by molar-refractivity contribution is 5.95. The lowest BCUT2D eigenvalue weighted by Gasteiger charge is -2.19. The van der Waals surface area contributed by atoms with Crippen molar-refractivity contribution in [2.75, 3.05) is 12.4 Å². The molecule has 2 aromatic rings. The number of amides is 1. The molecule has 2 aromatic carbocycles. The molecule has 1 atom stereocenters. The molecule has 0 radical (unpaired) electrons. The lowest BCUT2D eigenvalue weighted by atomic mass is 10.1. The predicted molar refractivity (Wildman–Crippen MR) is 92.2 cm³/mol. The number of benzene rings is 2. The number of aryl methyl sites for hydroxylation is 2. The van der Waals surface area contributed by atoms with E-state index >= 15 is 0 Å². The highest BCUT2D eigenvalue weighted by Gasteiger charge is 2.20. The van der Waals surface area contributed by atoms with Gasteiger partial charge in [-0.05, 0) is 44.0 Å². The maximum Gasteiger partial charge on any atom is 0.265 e. The van der Waals surface area contributed by atoms with Gasteiger partial charge in [-0.3, -0.25) is 4.79 Å². The fourth-order valence-electron chi connectivity index (χ4n) is 2.36. The van der Waals surface area contributed by atoms with Crippen LogP contribution in [-0.4, -0.2) is 19.1 Å². The highest BCUT2D eigenvalue weighted by atomic mass is 16.5. The molecule has 2 rings (SSSR count). The number of carbonyl (C=O) groups excluding carboxylic acids is 1. The van der Waals surface area contributed by atoms with Gasteiger partial charge in [0, 0.05) is 5.69 Å². The van der Waals surface area contributed by atoms with Gasteiger partial charge in [0.25, 0.3) is 5.91 Å². The third kappa shape index (κ3) is 4.25. The van der Waals surface area contributed by atoms with Crippen LogP contribution in [0.15, 0.2) is 42.5 Å². The molecule has 0 aliphatic rings. The van der Waals surface area contributed by atoms with Gasteiger partial charge in [0.2, 0.25) is 0 Å². The third-order valence-corrected chi connectivity index (χ3v) is 3.64. The summed E-state index contributed by atoms with van der Waals surface area (Å²) in [7, 11) is 1.58. The number of rotatable bonds is 6. The van der Waals surface area contributed by atoms with Crippen LogP contribution in [0.4, 0.5) is 5.69 Å². The zero-order valence-electron chi connectivity index (χ0n) is 14.1. The van der Waals surface area contributed by atoms with Crippen molar-refractivity contribution in [1.82, 2.24) is 0 Å². The summed E-state index contributed by atoms with van der Waals surface area (Å²) < 4.78 is 11.1. The van der Waals surface area contributed by atoms with Gasteiger partial charge >= 0.3 is 0 Å². The van der Waals surface area contributed by atoms with Gasteiger partial charge in [-0.15, -0.1) is 0 Å². The molecule has 0 aliphatic heterocycles. The molecule has 4 heteroatoms. The number of carbonyl (C=O) groups is 1. The first kappa shape index (κ1) is 16.9. The largest absolute Gasteiger partial charge is 0.493 e. The summed E-state index contributed by atoms with van der Waals surface area (Å²) in [4.78, 5) is 12.5. The molecule has 0 aliphatic carbocycles. The Kier molecular flexibility index (Phi) is 5.63. The number of ether oxygens (including phenoxy) is 2. The smallest absolute Gasteiger partial charge is 0.265 e. The molecule has 0 bridgehead atoms. The van der Waals surface area contributed by atoms with E-state index in [0.29, 0.717) is 17.9 Å². The second-order valence-corrected chi connectivity index (χ2v) is 5.47. The molecule has 0 spiro atoms. The molecular formula is C19H23NO3. The molecule has 23 heavy (non-hydrogen) atoms. The quantitative estimate of drug-likeness (QED) is 0.873. The van der Waals surface area contributed by atoms with E-state index in [1.165, 1.54) is 0 Å². The van der Waals surface area contributed by atoms with Gasteiger partial charge in [0.05, 0.1) is 7.11 Å². The van der Waals surface area contributed by atoms with Crippen molar-refractivity contribution in [2.24, 2.45) is 0 Å². The third-order valence-electron chi connectivity index (χ3n) is 3.64. The minimum atomic E-state index is -0.577. The van der Waals surface area contributed by atoms with E-state index in [0.717, 1.165) is 16.8 Å². The fraction of sp³-hybridized carbons (Fsp3) is 0.316. The molecule has 0 unspecified atom stereocenters. The van der Waals surface area contributed by atoms with Crippen molar-refractivity contribution < 1.29 is 14.3 Å². The number of hydrogen-bond donors (Lipinski definition) is 1. The van der Waals surface area contributed by atoms with Gasteiger partial charge in [0.1, 0.15) is 0 Å². The Hall–Kier alpha value is -2.49. The highest BCUT2D eigenvalue weighted by Crippen LogP contribution is 2.27. The van der Waals surface area contributed by atoms with Crippen molar-refractivity contribution in [2.45, 2.75) is 33.3 Å². The summed E-state index contributed by atoms with van der Waals surface area (Å²) in [6.45, 7) is 5.92. The molecule has 122 valence electrons. The van der Waals surface area contributed by atoms with E-state index in [1.54, 1.807) is 13.2 Å². The lowest BCUT2D eigenvalue weighted by Crippen LogP contribution is -2.32. The van der Waals surface area contributed by atoms with Gasteiger partial charge in [-0.25, -0.2) is 0 Å². The monoisotopic (exact) mass is 313 g/mol. The van der Waals surface area contributed by atoms with Gasteiger partial charge in [0.15, 0.2) is 17.6 Å². The van der Waals surface area contributed by atoms with E-state index in [1.807, 2.05) is 57.2 Å². The van der Waals surface area contributed by atoms with Crippen molar-refractivity contribution in [3.05, 3.63) is 53.6 Å². The van der Waals surface area contributed by atoms with Crippen LogP contribution in [0.5, 0.6) is 11.5 Å². The first-order valence-corrected chi connectivity index (χ1v) is 7.73. The molecule has 1 N–H and O–H groups in total. The van der Waals surface area contributed by atoms with Crippen LogP contribution in [0.2, 0.25) is 0 Å². The number of para-hydroxylation sites is 2. The first-order valence-electron chi connectivity index (χ1n) is 7.73. The standard InChI is InChI=1S/C19H23NO3/c1-5-16(23-18-9-7-6-8-17(18)22-4)19(21)20-15-11-10-13(2)12-14(15)3/h6-12,16H,5H2,1-4H3,(H,20,21)/t16-/m0/s1. The summed E-state index contributed by atoms with van der Waals surface area (Å²) in [6, 6.07) is 13.3. The van der Waals surface area contributed by atoms with E-state index in [2.05, 4.69) is 5.32 Å². The molecule has 0 fully saturated rings. The van der Waals surface area contributed by atoms with Gasteiger partial charge in [-0.1, -0.05) is 36.8 Å². The van der Waals surface area contributed by atoms with Crippen LogP contribution in [0.25, 0.3) is 0 Å². The summed E-state index contributed by atoms with van der Waals surface area (Å²) in [6.07, 6.45) is -0.0126. The van der Waals surface area contributed by atoms with Crippen LogP contribution >= 0.6 is 0 Å². The van der Waals surface area contributed by atoms with Crippen LogP contribution in [0, 0.1) is 13.8 Å². The Balaban J connectivity index is 2.12. The van der Waals surface area contributed by atoms with Crippen LogP contribution < -0.4 is 14.8 Å². The second-order valence-electron chi connectivity index (χ2n) is 5.47. The Labute approximate surface area is 137 Å². The average molecular weight is 313 g/mol. The number of nitrogens with one attached hydrogen (secondary N) is 1. The van der Waals surface area contributed by atoms with Crippen LogP contribution in [0.3, 0.4) is 0 Å². The summed E-state index contributed by atoms with van der Waals surface area (Å²) in [5.74, 6) is 1.02. The van der Waals surface area contributed by atoms with E-state index < -0.39 is 6.10 Å². The van der Waals surface area contributed by atoms with Gasteiger partial charge < -0.3 is 14.8 Å². The van der Waals surface area contributed by atoms with E-state index in [9.17, 15) is 4.79 Å². The SMILES string of the molecule is CC[C@H](Oc1ccccc1OC)C(=O)Nc1ccc(C)cc1C. The fourth-order valence-corrected chi connectivity index (χ4v) is 2.36. The molecule has 4 nitrogen and oxygen atoms in total. The molecule has 0 saturated carbocycles. The number of anilines is 1. The van der Waals surface area contributed by atoms with Crippen molar-refractivity contribution in [1.29, 1.82) is 0 Å². The Morgan fingerprint density at radius 3 is 2.43 bits per heavy atom. The van der Waals surface area contributed by atoms with Crippen molar-refractivity contribution >= 4 is 11.6 Å². The summed E-state index contributed by atoms with van der Waals surface area (Å²) in [5, 5.41) is 2.94. The van der Waals surface area contributed by atoms with Crippen molar-refractivity contribution in [3.8, 4) is 11.5 Å². The van der Waals surface area contributed by atoms with Crippen LogP contribution in [0.1, 0.15) is 24.5 Å². The summed E-state index contributed by atoms with van der Waals surface area (Å²) >= 11 is 0.